The number of nitrogens with one attached hydrogen (secondary N) is 1. The molecule has 1 aromatic carbocycles. The van der Waals surface area contributed by atoms with E-state index in [-0.39, 0.29) is 5.91 Å². The monoisotopic (exact) mass is 378 g/mol. The molecule has 0 saturated heterocycles. The average Bonchev–Trinajstić information content (AvgIpc) is 3.14. The summed E-state index contributed by atoms with van der Waals surface area (Å²) in [6.07, 6.45) is 0. The summed E-state index contributed by atoms with van der Waals surface area (Å²) < 4.78 is 6.30. The van der Waals surface area contributed by atoms with Crippen molar-refractivity contribution < 1.29 is 9.32 Å². The van der Waals surface area contributed by atoms with Crippen molar-refractivity contribution in [3.63, 3.8) is 0 Å². The number of anilines is 1. The number of amides is 1. The number of carbonyl (C=O) groups is 1. The number of nitrogen functional groups attached to an aromatic ring is 1. The van der Waals surface area contributed by atoms with Crippen molar-refractivity contribution in [3.8, 4) is 11.4 Å². The molecular formula is C15H15ClN6O2S. The van der Waals surface area contributed by atoms with Gasteiger partial charge in [-0.15, -0.1) is 10.2 Å². The summed E-state index contributed by atoms with van der Waals surface area (Å²) in [5.41, 5.74) is 1.42. The maximum absolute atomic E-state index is 12.2. The van der Waals surface area contributed by atoms with Crippen molar-refractivity contribution in [2.75, 3.05) is 11.2 Å². The van der Waals surface area contributed by atoms with Gasteiger partial charge in [-0.3, -0.25) is 10.1 Å². The third-order valence-electron chi connectivity index (χ3n) is 3.27. The van der Waals surface area contributed by atoms with Crippen molar-refractivity contribution in [1.82, 2.24) is 20.0 Å². The number of aryl methyl sites for hydroxylation is 1. The Morgan fingerprint density at radius 3 is 2.88 bits per heavy atom. The van der Waals surface area contributed by atoms with Crippen LogP contribution in [0.2, 0.25) is 5.02 Å². The molecule has 3 N–H and O–H groups in total. The predicted octanol–water partition coefficient (Wildman–Crippen LogP) is 2.73. The van der Waals surface area contributed by atoms with Gasteiger partial charge in [-0.1, -0.05) is 40.7 Å². The fourth-order valence-corrected chi connectivity index (χ4v) is 3.00. The summed E-state index contributed by atoms with van der Waals surface area (Å²) in [4.78, 5) is 12.2. The van der Waals surface area contributed by atoms with Crippen molar-refractivity contribution >= 4 is 35.2 Å². The number of aromatic nitrogens is 4. The molecule has 0 radical (unpaired) electrons. The summed E-state index contributed by atoms with van der Waals surface area (Å²) in [7, 11) is 0. The number of thioether (sulfide) groups is 1. The number of carbonyl (C=O) groups excluding carboxylic acids is 1. The minimum atomic E-state index is -0.468. The molecule has 10 heteroatoms. The largest absolute Gasteiger partial charge is 0.338 e. The quantitative estimate of drug-likeness (QED) is 0.518. The van der Waals surface area contributed by atoms with Crippen LogP contribution in [0.15, 0.2) is 40.0 Å². The van der Waals surface area contributed by atoms with E-state index in [1.165, 1.54) is 16.4 Å². The zero-order valence-corrected chi connectivity index (χ0v) is 15.0. The van der Waals surface area contributed by atoms with Crippen LogP contribution in [0.3, 0.4) is 0 Å². The molecule has 1 unspecified atom stereocenters. The SMILES string of the molecule is Cc1cc(NC(=O)C(C)Sc2nnc(-c3cccc(Cl)c3)n2N)on1. The molecule has 0 spiro atoms. The predicted molar refractivity (Wildman–Crippen MR) is 95.8 cm³/mol. The maximum atomic E-state index is 12.2. The molecule has 0 fully saturated rings. The van der Waals surface area contributed by atoms with Crippen molar-refractivity contribution in [1.29, 1.82) is 0 Å². The van der Waals surface area contributed by atoms with Gasteiger partial charge in [0.1, 0.15) is 0 Å². The minimum absolute atomic E-state index is 0.256. The maximum Gasteiger partial charge on any atom is 0.240 e. The molecule has 0 aliphatic rings. The fraction of sp³-hybridized carbons (Fsp3) is 0.200. The number of hydrogen-bond acceptors (Lipinski definition) is 7. The summed E-state index contributed by atoms with van der Waals surface area (Å²) in [5, 5.41) is 15.0. The molecule has 0 bridgehead atoms. The Labute approximate surface area is 152 Å². The normalized spacial score (nSPS) is 12.1. The van der Waals surface area contributed by atoms with Crippen molar-refractivity contribution in [3.05, 3.63) is 41.0 Å². The van der Waals surface area contributed by atoms with E-state index in [0.717, 1.165) is 5.56 Å². The topological polar surface area (TPSA) is 112 Å². The molecular weight excluding hydrogens is 364 g/mol. The Hall–Kier alpha value is -2.52. The number of halogens is 1. The van der Waals surface area contributed by atoms with Gasteiger partial charge in [-0.2, -0.15) is 0 Å². The number of rotatable bonds is 5. The molecule has 0 saturated carbocycles. The first-order valence-electron chi connectivity index (χ1n) is 7.31. The first-order valence-corrected chi connectivity index (χ1v) is 8.57. The lowest BCUT2D eigenvalue weighted by molar-refractivity contribution is -0.115. The van der Waals surface area contributed by atoms with Crippen LogP contribution in [0.1, 0.15) is 12.6 Å². The second kappa shape index (κ2) is 7.16. The number of nitrogens with zero attached hydrogens (tertiary/aromatic N) is 4. The third-order valence-corrected chi connectivity index (χ3v) is 4.57. The van der Waals surface area contributed by atoms with E-state index in [1.54, 1.807) is 38.1 Å². The summed E-state index contributed by atoms with van der Waals surface area (Å²) in [6.45, 7) is 3.50. The van der Waals surface area contributed by atoms with E-state index in [1.807, 2.05) is 6.07 Å². The first kappa shape index (κ1) is 17.3. The summed E-state index contributed by atoms with van der Waals surface area (Å²) in [6, 6.07) is 8.77. The zero-order chi connectivity index (χ0) is 18.0. The van der Waals surface area contributed by atoms with Crippen LogP contribution in [-0.4, -0.2) is 31.2 Å². The standard InChI is InChI=1S/C15H15ClN6O2S/c1-8-6-12(24-21-8)18-14(23)9(2)25-15-20-19-13(22(15)17)10-4-3-5-11(16)7-10/h3-7,9H,17H2,1-2H3,(H,18,23). The van der Waals surface area contributed by atoms with E-state index in [9.17, 15) is 4.79 Å². The van der Waals surface area contributed by atoms with E-state index >= 15 is 0 Å². The van der Waals surface area contributed by atoms with Crippen molar-refractivity contribution in [2.24, 2.45) is 0 Å². The number of benzene rings is 1. The highest BCUT2D eigenvalue weighted by Gasteiger charge is 2.21. The Kier molecular flexibility index (Phi) is 4.95. The highest BCUT2D eigenvalue weighted by atomic mass is 35.5. The van der Waals surface area contributed by atoms with Crippen LogP contribution >= 0.6 is 23.4 Å². The average molecular weight is 379 g/mol. The van der Waals surface area contributed by atoms with Crippen LogP contribution < -0.4 is 11.2 Å². The first-order chi connectivity index (χ1) is 11.9. The van der Waals surface area contributed by atoms with Crippen molar-refractivity contribution in [2.45, 2.75) is 24.3 Å². The highest BCUT2D eigenvalue weighted by Crippen LogP contribution is 2.26. The minimum Gasteiger partial charge on any atom is -0.338 e. The molecule has 1 amide bonds. The molecule has 0 aliphatic heterocycles. The zero-order valence-electron chi connectivity index (χ0n) is 13.4. The van der Waals surface area contributed by atoms with Crippen LogP contribution in [-0.2, 0) is 4.79 Å². The van der Waals surface area contributed by atoms with Gasteiger partial charge in [0.25, 0.3) is 0 Å². The van der Waals surface area contributed by atoms with E-state index < -0.39 is 5.25 Å². The van der Waals surface area contributed by atoms with Crippen LogP contribution in [0.4, 0.5) is 5.88 Å². The Balaban J connectivity index is 1.71. The van der Waals surface area contributed by atoms with E-state index in [4.69, 9.17) is 22.0 Å². The van der Waals surface area contributed by atoms with Gasteiger partial charge in [0, 0.05) is 16.7 Å². The van der Waals surface area contributed by atoms with Crippen LogP contribution in [0, 0.1) is 6.92 Å². The fourth-order valence-electron chi connectivity index (χ4n) is 2.04. The molecule has 3 rings (SSSR count). The van der Waals surface area contributed by atoms with Gasteiger partial charge < -0.3 is 10.4 Å². The molecule has 130 valence electrons. The Morgan fingerprint density at radius 2 is 2.20 bits per heavy atom. The molecule has 3 aromatic rings. The molecule has 25 heavy (non-hydrogen) atoms. The van der Waals surface area contributed by atoms with Gasteiger partial charge in [0.15, 0.2) is 5.82 Å². The lowest BCUT2D eigenvalue weighted by Gasteiger charge is -2.09. The van der Waals surface area contributed by atoms with Crippen LogP contribution in [0.25, 0.3) is 11.4 Å². The molecule has 2 heterocycles. The Morgan fingerprint density at radius 1 is 1.40 bits per heavy atom. The molecule has 0 aliphatic carbocycles. The van der Waals surface area contributed by atoms with Gasteiger partial charge >= 0.3 is 0 Å². The highest BCUT2D eigenvalue weighted by molar-refractivity contribution is 8.00. The summed E-state index contributed by atoms with van der Waals surface area (Å²) in [5.74, 6) is 6.56. The smallest absolute Gasteiger partial charge is 0.240 e. The molecule has 2 aromatic heterocycles. The van der Waals surface area contributed by atoms with Gasteiger partial charge in [0.05, 0.1) is 10.9 Å². The van der Waals surface area contributed by atoms with Gasteiger partial charge in [0.2, 0.25) is 16.9 Å². The van der Waals surface area contributed by atoms with E-state index in [2.05, 4.69) is 20.7 Å². The lowest BCUT2D eigenvalue weighted by atomic mass is 10.2. The number of hydrogen-bond donors (Lipinski definition) is 2. The second-order valence-electron chi connectivity index (χ2n) is 5.27. The number of nitrogens with two attached hydrogens (primary N) is 1. The van der Waals surface area contributed by atoms with Gasteiger partial charge in [-0.05, 0) is 26.0 Å². The third kappa shape index (κ3) is 3.94. The lowest BCUT2D eigenvalue weighted by Crippen LogP contribution is -2.23. The van der Waals surface area contributed by atoms with E-state index in [0.29, 0.717) is 27.6 Å². The summed E-state index contributed by atoms with van der Waals surface area (Å²) >= 11 is 7.17. The molecule has 8 nitrogen and oxygen atoms in total. The van der Waals surface area contributed by atoms with Crippen LogP contribution in [0.5, 0.6) is 0 Å². The second-order valence-corrected chi connectivity index (χ2v) is 7.01. The Bertz CT molecular complexity index is 909. The molecule has 1 atom stereocenters. The van der Waals surface area contributed by atoms with Gasteiger partial charge in [-0.25, -0.2) is 4.68 Å².